The van der Waals surface area contributed by atoms with Crippen molar-refractivity contribution in [1.82, 2.24) is 9.97 Å². The van der Waals surface area contributed by atoms with Gasteiger partial charge in [0.15, 0.2) is 10.9 Å². The summed E-state index contributed by atoms with van der Waals surface area (Å²) in [5.74, 6) is -2.49. The standard InChI is InChI=1S/C22H18BrN3O5S2/c1-9-18(32-11(3)24-9)16(27)14-15(12-7-5-6-8-13(12)23)26(20(29)17(14)28)22-25-10(2)19(33-22)21(30)31-4/h5-8,15,28H,1-4H3. The Morgan fingerprint density at radius 1 is 1.09 bits per heavy atom. The van der Waals surface area contributed by atoms with Crippen LogP contribution >= 0.6 is 38.6 Å². The second-order valence-corrected chi connectivity index (χ2v) is 10.3. The molecule has 1 aromatic carbocycles. The largest absolute Gasteiger partial charge is 0.503 e. The molecule has 0 fully saturated rings. The molecule has 3 aromatic rings. The molecule has 11 heteroatoms. The first kappa shape index (κ1) is 23.3. The van der Waals surface area contributed by atoms with Crippen molar-refractivity contribution < 1.29 is 24.2 Å². The number of amides is 1. The van der Waals surface area contributed by atoms with Gasteiger partial charge in [-0.25, -0.2) is 14.8 Å². The van der Waals surface area contributed by atoms with Gasteiger partial charge in [-0.3, -0.25) is 14.5 Å². The Balaban J connectivity index is 1.91. The summed E-state index contributed by atoms with van der Waals surface area (Å²) in [6, 6.07) is 6.16. The number of aliphatic hydroxyl groups is 1. The average molecular weight is 548 g/mol. The molecule has 3 heterocycles. The fourth-order valence-electron chi connectivity index (χ4n) is 3.66. The molecule has 4 rings (SSSR count). The number of ketones is 1. The van der Waals surface area contributed by atoms with Crippen molar-refractivity contribution in [2.75, 3.05) is 12.0 Å². The number of thiazole rings is 2. The summed E-state index contributed by atoms with van der Waals surface area (Å²) in [4.78, 5) is 49.5. The van der Waals surface area contributed by atoms with E-state index >= 15 is 0 Å². The summed E-state index contributed by atoms with van der Waals surface area (Å²) in [5.41, 5.74) is 1.43. The minimum atomic E-state index is -0.960. The average Bonchev–Trinajstić information content (AvgIpc) is 3.40. The number of Topliss-reactive ketones (excluding diaryl/α,β-unsaturated/α-hetero) is 1. The lowest BCUT2D eigenvalue weighted by Crippen LogP contribution is -2.31. The summed E-state index contributed by atoms with van der Waals surface area (Å²) in [7, 11) is 1.26. The summed E-state index contributed by atoms with van der Waals surface area (Å²) in [6.45, 7) is 5.12. The Hall–Kier alpha value is -2.89. The summed E-state index contributed by atoms with van der Waals surface area (Å²) in [6.07, 6.45) is 0. The van der Waals surface area contributed by atoms with Gasteiger partial charge in [0, 0.05) is 4.47 Å². The second-order valence-electron chi connectivity index (χ2n) is 7.24. The number of benzene rings is 1. The Morgan fingerprint density at radius 3 is 2.36 bits per heavy atom. The van der Waals surface area contributed by atoms with Crippen LogP contribution in [0.3, 0.4) is 0 Å². The van der Waals surface area contributed by atoms with Gasteiger partial charge in [0.05, 0.1) is 40.0 Å². The van der Waals surface area contributed by atoms with Gasteiger partial charge in [-0.05, 0) is 32.4 Å². The maximum absolute atomic E-state index is 13.6. The fraction of sp³-hybridized carbons (Fsp3) is 0.227. The highest BCUT2D eigenvalue weighted by molar-refractivity contribution is 9.10. The maximum Gasteiger partial charge on any atom is 0.350 e. The fourth-order valence-corrected chi connectivity index (χ4v) is 6.04. The van der Waals surface area contributed by atoms with Crippen molar-refractivity contribution in [3.8, 4) is 0 Å². The van der Waals surface area contributed by atoms with E-state index in [-0.39, 0.29) is 15.6 Å². The summed E-state index contributed by atoms with van der Waals surface area (Å²) < 4.78 is 5.45. The van der Waals surface area contributed by atoms with E-state index < -0.39 is 29.5 Å². The number of carbonyl (C=O) groups excluding carboxylic acids is 3. The van der Waals surface area contributed by atoms with Crippen LogP contribution < -0.4 is 4.90 Å². The van der Waals surface area contributed by atoms with Crippen LogP contribution in [0, 0.1) is 20.8 Å². The van der Waals surface area contributed by atoms with E-state index in [1.165, 1.54) is 23.3 Å². The van der Waals surface area contributed by atoms with Crippen molar-refractivity contribution in [3.63, 3.8) is 0 Å². The normalized spacial score (nSPS) is 16.0. The molecule has 0 spiro atoms. The van der Waals surface area contributed by atoms with Crippen molar-refractivity contribution >= 4 is 61.4 Å². The van der Waals surface area contributed by atoms with Crippen LogP contribution in [0.5, 0.6) is 0 Å². The summed E-state index contributed by atoms with van der Waals surface area (Å²) in [5, 5.41) is 11.8. The summed E-state index contributed by atoms with van der Waals surface area (Å²) >= 11 is 5.66. The third kappa shape index (κ3) is 3.90. The van der Waals surface area contributed by atoms with E-state index in [0.717, 1.165) is 11.3 Å². The lowest BCUT2D eigenvalue weighted by molar-refractivity contribution is -0.117. The van der Waals surface area contributed by atoms with Gasteiger partial charge in [0.2, 0.25) is 5.78 Å². The number of rotatable bonds is 5. The molecule has 0 bridgehead atoms. The number of aliphatic hydroxyl groups excluding tert-OH is 1. The molecule has 0 saturated heterocycles. The predicted molar refractivity (Wildman–Crippen MR) is 128 cm³/mol. The highest BCUT2D eigenvalue weighted by atomic mass is 79.9. The van der Waals surface area contributed by atoms with Gasteiger partial charge >= 0.3 is 5.97 Å². The van der Waals surface area contributed by atoms with Gasteiger partial charge in [0.1, 0.15) is 4.88 Å². The maximum atomic E-state index is 13.6. The Bertz CT molecular complexity index is 1340. The van der Waals surface area contributed by atoms with Crippen LogP contribution in [0.15, 0.2) is 40.1 Å². The van der Waals surface area contributed by atoms with Gasteiger partial charge in [-0.15, -0.1) is 11.3 Å². The van der Waals surface area contributed by atoms with E-state index in [4.69, 9.17) is 4.74 Å². The first-order valence-corrected chi connectivity index (χ1v) is 12.1. The minimum absolute atomic E-state index is 0.0638. The number of hydrogen-bond acceptors (Lipinski definition) is 9. The monoisotopic (exact) mass is 547 g/mol. The van der Waals surface area contributed by atoms with E-state index in [1.807, 2.05) is 0 Å². The molecule has 1 atom stereocenters. The molecule has 170 valence electrons. The van der Waals surface area contributed by atoms with Crippen LogP contribution in [-0.4, -0.2) is 39.8 Å². The molecule has 2 aromatic heterocycles. The van der Waals surface area contributed by atoms with Crippen molar-refractivity contribution in [2.45, 2.75) is 26.8 Å². The van der Waals surface area contributed by atoms with E-state index in [1.54, 1.807) is 45.0 Å². The lowest BCUT2D eigenvalue weighted by atomic mass is 9.95. The Kier molecular flexibility index (Phi) is 6.21. The van der Waals surface area contributed by atoms with Gasteiger partial charge in [-0.1, -0.05) is 45.5 Å². The predicted octanol–water partition coefficient (Wildman–Crippen LogP) is 4.86. The molecule has 1 N–H and O–H groups in total. The number of ether oxygens (including phenoxy) is 1. The highest BCUT2D eigenvalue weighted by Crippen LogP contribution is 2.46. The number of hydrogen-bond donors (Lipinski definition) is 1. The molecule has 33 heavy (non-hydrogen) atoms. The number of anilines is 1. The van der Waals surface area contributed by atoms with Crippen molar-refractivity contribution in [2.24, 2.45) is 0 Å². The number of aryl methyl sites for hydroxylation is 3. The molecule has 1 aliphatic rings. The zero-order valence-electron chi connectivity index (χ0n) is 18.0. The molecular weight excluding hydrogens is 530 g/mol. The van der Waals surface area contributed by atoms with Crippen molar-refractivity contribution in [3.05, 3.63) is 71.8 Å². The molecule has 8 nitrogen and oxygen atoms in total. The molecular formula is C22H18BrN3O5S2. The first-order valence-electron chi connectivity index (χ1n) is 9.71. The molecule has 1 unspecified atom stereocenters. The first-order chi connectivity index (χ1) is 15.6. The van der Waals surface area contributed by atoms with E-state index in [0.29, 0.717) is 31.3 Å². The number of nitrogens with zero attached hydrogens (tertiary/aromatic N) is 3. The SMILES string of the molecule is COC(=O)c1sc(N2C(=O)C(O)=C(C(=O)c3sc(C)nc3C)C2c2ccccc2Br)nc1C. The van der Waals surface area contributed by atoms with E-state index in [9.17, 15) is 19.5 Å². The van der Waals surface area contributed by atoms with Gasteiger partial charge in [0.25, 0.3) is 5.91 Å². The quantitative estimate of drug-likeness (QED) is 0.358. The molecule has 0 aliphatic carbocycles. The topological polar surface area (TPSA) is 110 Å². The number of aromatic nitrogens is 2. The zero-order valence-corrected chi connectivity index (χ0v) is 21.2. The van der Waals surface area contributed by atoms with Crippen LogP contribution in [0.1, 0.15) is 47.3 Å². The second kappa shape index (κ2) is 8.81. The van der Waals surface area contributed by atoms with Crippen LogP contribution in [0.2, 0.25) is 0 Å². The third-order valence-corrected chi connectivity index (χ3v) is 8.06. The molecule has 0 saturated carbocycles. The van der Waals surface area contributed by atoms with Gasteiger partial charge in [-0.2, -0.15) is 0 Å². The molecule has 1 amide bonds. The molecule has 1 aliphatic heterocycles. The van der Waals surface area contributed by atoms with Crippen LogP contribution in [-0.2, 0) is 9.53 Å². The zero-order chi connectivity index (χ0) is 24.0. The number of halogens is 1. The highest BCUT2D eigenvalue weighted by Gasteiger charge is 2.47. The number of esters is 1. The minimum Gasteiger partial charge on any atom is -0.503 e. The third-order valence-electron chi connectivity index (χ3n) is 5.12. The number of carbonyl (C=O) groups is 3. The van der Waals surface area contributed by atoms with Crippen molar-refractivity contribution in [1.29, 1.82) is 0 Å². The van der Waals surface area contributed by atoms with Crippen LogP contribution in [0.4, 0.5) is 5.13 Å². The Labute approximate surface area is 205 Å². The lowest BCUT2D eigenvalue weighted by Gasteiger charge is -2.25. The van der Waals surface area contributed by atoms with E-state index in [2.05, 4.69) is 25.9 Å². The van der Waals surface area contributed by atoms with Crippen LogP contribution in [0.25, 0.3) is 0 Å². The van der Waals surface area contributed by atoms with Gasteiger partial charge < -0.3 is 9.84 Å². The Morgan fingerprint density at radius 2 is 1.76 bits per heavy atom. The number of methoxy groups -OCH3 is 1. The molecule has 0 radical (unpaired) electrons. The smallest absolute Gasteiger partial charge is 0.350 e.